The van der Waals surface area contributed by atoms with E-state index >= 15 is 0 Å². The quantitative estimate of drug-likeness (QED) is 0.501. The first kappa shape index (κ1) is 17.0. The molecule has 3 rings (SSSR count). The molecule has 25 heavy (non-hydrogen) atoms. The number of hydrogen-bond donors (Lipinski definition) is 1. The molecule has 0 aliphatic rings. The van der Waals surface area contributed by atoms with Crippen molar-refractivity contribution in [3.8, 4) is 16.9 Å². The van der Waals surface area contributed by atoms with Gasteiger partial charge in [0.2, 0.25) is 0 Å². The topological polar surface area (TPSA) is 82.2 Å². The van der Waals surface area contributed by atoms with E-state index in [2.05, 4.69) is 26.3 Å². The van der Waals surface area contributed by atoms with Crippen LogP contribution in [0.15, 0.2) is 53.3 Å². The van der Waals surface area contributed by atoms with Gasteiger partial charge in [-0.25, -0.2) is 0 Å². The smallest absolute Gasteiger partial charge is 0.293 e. The van der Waals surface area contributed by atoms with E-state index in [1.807, 2.05) is 24.4 Å². The molecule has 128 valence electrons. The number of ether oxygens (including phenoxy) is 1. The van der Waals surface area contributed by atoms with Crippen LogP contribution in [0, 0.1) is 10.1 Å². The Balaban J connectivity index is 1.99. The van der Waals surface area contributed by atoms with Crippen molar-refractivity contribution < 1.29 is 9.66 Å². The Morgan fingerprint density at radius 1 is 1.24 bits per heavy atom. The standard InChI is InChI=1S/C17H15BrN4O3/c1-21-10-12(9-19-21)11-3-4-16(17(5-11)22(23)24)20-14-6-13(18)7-15(8-14)25-2/h3-10,20H,1-2H3. The lowest BCUT2D eigenvalue weighted by molar-refractivity contribution is -0.383. The van der Waals surface area contributed by atoms with Crippen LogP contribution < -0.4 is 10.1 Å². The minimum atomic E-state index is -0.405. The lowest BCUT2D eigenvalue weighted by Crippen LogP contribution is -1.98. The molecule has 0 radical (unpaired) electrons. The number of hydrogen-bond acceptors (Lipinski definition) is 5. The lowest BCUT2D eigenvalue weighted by atomic mass is 10.1. The highest BCUT2D eigenvalue weighted by molar-refractivity contribution is 9.10. The summed E-state index contributed by atoms with van der Waals surface area (Å²) in [7, 11) is 3.37. The average Bonchev–Trinajstić information content (AvgIpc) is 3.01. The second kappa shape index (κ2) is 6.94. The van der Waals surface area contributed by atoms with Crippen LogP contribution in [0.25, 0.3) is 11.1 Å². The molecule has 0 spiro atoms. The van der Waals surface area contributed by atoms with Gasteiger partial charge in [0, 0.05) is 41.1 Å². The number of benzene rings is 2. The second-order valence-electron chi connectivity index (χ2n) is 5.40. The normalized spacial score (nSPS) is 10.5. The highest BCUT2D eigenvalue weighted by Gasteiger charge is 2.16. The molecule has 0 fully saturated rings. The number of nitro groups is 1. The number of nitrogens with zero attached hydrogens (tertiary/aromatic N) is 3. The molecule has 0 unspecified atom stereocenters. The van der Waals surface area contributed by atoms with Crippen molar-refractivity contribution in [1.29, 1.82) is 0 Å². The zero-order valence-electron chi connectivity index (χ0n) is 13.6. The number of nitro benzene ring substituents is 1. The van der Waals surface area contributed by atoms with E-state index in [0.717, 1.165) is 15.6 Å². The van der Waals surface area contributed by atoms with Crippen LogP contribution in [0.1, 0.15) is 0 Å². The van der Waals surface area contributed by atoms with Crippen molar-refractivity contribution >= 4 is 33.0 Å². The van der Waals surface area contributed by atoms with E-state index in [1.54, 1.807) is 37.2 Å². The fraction of sp³-hybridized carbons (Fsp3) is 0.118. The SMILES string of the molecule is COc1cc(Br)cc(Nc2ccc(-c3cnn(C)c3)cc2[N+](=O)[O-])c1. The molecule has 1 aromatic heterocycles. The molecule has 0 saturated heterocycles. The first-order valence-corrected chi connectivity index (χ1v) is 8.14. The summed E-state index contributed by atoms with van der Waals surface area (Å²) in [6, 6.07) is 10.4. The third-order valence-corrected chi connectivity index (χ3v) is 4.08. The van der Waals surface area contributed by atoms with Gasteiger partial charge in [-0.05, 0) is 23.8 Å². The summed E-state index contributed by atoms with van der Waals surface area (Å²) in [5.41, 5.74) is 2.62. The van der Waals surface area contributed by atoms with Gasteiger partial charge in [0.15, 0.2) is 0 Å². The number of aryl methyl sites for hydroxylation is 1. The molecular weight excluding hydrogens is 388 g/mol. The van der Waals surface area contributed by atoms with Gasteiger partial charge in [0.05, 0.1) is 18.2 Å². The van der Waals surface area contributed by atoms with E-state index in [4.69, 9.17) is 4.74 Å². The van der Waals surface area contributed by atoms with E-state index in [9.17, 15) is 10.1 Å². The van der Waals surface area contributed by atoms with Crippen molar-refractivity contribution in [2.45, 2.75) is 0 Å². The maximum Gasteiger partial charge on any atom is 0.293 e. The average molecular weight is 403 g/mol. The van der Waals surface area contributed by atoms with Crippen molar-refractivity contribution in [2.75, 3.05) is 12.4 Å². The van der Waals surface area contributed by atoms with E-state index in [-0.39, 0.29) is 5.69 Å². The highest BCUT2D eigenvalue weighted by Crippen LogP contribution is 2.34. The fourth-order valence-electron chi connectivity index (χ4n) is 2.45. The van der Waals surface area contributed by atoms with Crippen LogP contribution in [0.4, 0.5) is 17.1 Å². The largest absolute Gasteiger partial charge is 0.497 e. The summed E-state index contributed by atoms with van der Waals surface area (Å²) in [5, 5.41) is 18.7. The predicted octanol–water partition coefficient (Wildman–Crippen LogP) is 4.51. The Morgan fingerprint density at radius 3 is 2.68 bits per heavy atom. The molecule has 0 amide bonds. The van der Waals surface area contributed by atoms with Crippen molar-refractivity contribution in [3.63, 3.8) is 0 Å². The van der Waals surface area contributed by atoms with Gasteiger partial charge >= 0.3 is 0 Å². The highest BCUT2D eigenvalue weighted by atomic mass is 79.9. The first-order valence-electron chi connectivity index (χ1n) is 7.35. The number of halogens is 1. The monoisotopic (exact) mass is 402 g/mol. The van der Waals surface area contributed by atoms with Crippen molar-refractivity contribution in [1.82, 2.24) is 9.78 Å². The van der Waals surface area contributed by atoms with Crippen LogP contribution in [0.5, 0.6) is 5.75 Å². The molecule has 0 atom stereocenters. The molecular formula is C17H15BrN4O3. The summed E-state index contributed by atoms with van der Waals surface area (Å²) < 4.78 is 7.68. The first-order chi connectivity index (χ1) is 12.0. The molecule has 2 aromatic carbocycles. The molecule has 0 bridgehead atoms. The zero-order valence-corrected chi connectivity index (χ0v) is 15.1. The van der Waals surface area contributed by atoms with Crippen molar-refractivity contribution in [3.05, 3.63) is 63.4 Å². The molecule has 1 heterocycles. The molecule has 0 saturated carbocycles. The Hall–Kier alpha value is -2.87. The Morgan fingerprint density at radius 2 is 2.04 bits per heavy atom. The molecule has 7 nitrogen and oxygen atoms in total. The third kappa shape index (κ3) is 3.80. The Bertz CT molecular complexity index is 939. The van der Waals surface area contributed by atoms with Gasteiger partial charge in [0.1, 0.15) is 11.4 Å². The van der Waals surface area contributed by atoms with E-state index in [1.165, 1.54) is 6.07 Å². The maximum atomic E-state index is 11.5. The zero-order chi connectivity index (χ0) is 18.0. The van der Waals surface area contributed by atoms with Crippen molar-refractivity contribution in [2.24, 2.45) is 7.05 Å². The van der Waals surface area contributed by atoms with Crippen LogP contribution >= 0.6 is 15.9 Å². The molecule has 0 aliphatic heterocycles. The van der Waals surface area contributed by atoms with Crippen LogP contribution in [0.2, 0.25) is 0 Å². The van der Waals surface area contributed by atoms with E-state index in [0.29, 0.717) is 17.1 Å². The Kier molecular flexibility index (Phi) is 4.71. The fourth-order valence-corrected chi connectivity index (χ4v) is 2.92. The summed E-state index contributed by atoms with van der Waals surface area (Å²) in [6.07, 6.45) is 3.48. The number of rotatable bonds is 5. The van der Waals surface area contributed by atoms with Crippen LogP contribution in [-0.2, 0) is 7.05 Å². The van der Waals surface area contributed by atoms with Gasteiger partial charge in [-0.1, -0.05) is 22.0 Å². The summed E-state index contributed by atoms with van der Waals surface area (Å²) in [4.78, 5) is 11.1. The van der Waals surface area contributed by atoms with E-state index < -0.39 is 4.92 Å². The number of aromatic nitrogens is 2. The summed E-state index contributed by atoms with van der Waals surface area (Å²) in [5.74, 6) is 0.645. The predicted molar refractivity (Wildman–Crippen MR) is 99.3 cm³/mol. The molecule has 3 aromatic rings. The van der Waals surface area contributed by atoms with Gasteiger partial charge in [-0.3, -0.25) is 14.8 Å². The lowest BCUT2D eigenvalue weighted by Gasteiger charge is -2.10. The van der Waals surface area contributed by atoms with Gasteiger partial charge < -0.3 is 10.1 Å². The maximum absolute atomic E-state index is 11.5. The van der Waals surface area contributed by atoms with Crippen LogP contribution in [0.3, 0.4) is 0 Å². The molecule has 8 heteroatoms. The second-order valence-corrected chi connectivity index (χ2v) is 6.31. The molecule has 0 aliphatic carbocycles. The minimum absolute atomic E-state index is 0.0136. The summed E-state index contributed by atoms with van der Waals surface area (Å²) in [6.45, 7) is 0. The third-order valence-electron chi connectivity index (χ3n) is 3.62. The molecule has 1 N–H and O–H groups in total. The minimum Gasteiger partial charge on any atom is -0.497 e. The number of anilines is 2. The van der Waals surface area contributed by atoms with Gasteiger partial charge in [-0.2, -0.15) is 5.10 Å². The van der Waals surface area contributed by atoms with Crippen LogP contribution in [-0.4, -0.2) is 21.8 Å². The number of nitrogens with one attached hydrogen (secondary N) is 1. The van der Waals surface area contributed by atoms with Gasteiger partial charge in [0.25, 0.3) is 5.69 Å². The van der Waals surface area contributed by atoms with Gasteiger partial charge in [-0.15, -0.1) is 0 Å². The number of methoxy groups -OCH3 is 1. The summed E-state index contributed by atoms with van der Waals surface area (Å²) >= 11 is 3.40. The Labute approximate surface area is 152 Å².